The van der Waals surface area contributed by atoms with Gasteiger partial charge in [-0.05, 0) is 59.9 Å². The van der Waals surface area contributed by atoms with Crippen LogP contribution in [-0.2, 0) is 16.1 Å². The third kappa shape index (κ3) is 9.33. The summed E-state index contributed by atoms with van der Waals surface area (Å²) in [6.45, 7) is 2.58. The van der Waals surface area contributed by atoms with Crippen LogP contribution in [0.15, 0.2) is 102 Å². The van der Waals surface area contributed by atoms with Crippen molar-refractivity contribution < 1.29 is 24.5 Å². The Morgan fingerprint density at radius 1 is 0.922 bits per heavy atom. The third-order valence-electron chi connectivity index (χ3n) is 8.95. The van der Waals surface area contributed by atoms with Crippen molar-refractivity contribution in [2.45, 2.75) is 38.0 Å². The number of anilines is 2. The van der Waals surface area contributed by atoms with Crippen molar-refractivity contribution in [1.82, 2.24) is 15.2 Å². The van der Waals surface area contributed by atoms with E-state index >= 15 is 0 Å². The molecule has 1 aromatic heterocycles. The van der Waals surface area contributed by atoms with E-state index in [1.54, 1.807) is 24.3 Å². The number of nitrogens with one attached hydrogen (secondary N) is 4. The molecule has 1 saturated heterocycles. The van der Waals surface area contributed by atoms with Crippen LogP contribution < -0.4 is 21.5 Å². The van der Waals surface area contributed by atoms with Crippen LogP contribution in [0.2, 0.25) is 5.02 Å². The number of hydrogen-bond acceptors (Lipinski definition) is 8. The van der Waals surface area contributed by atoms with Crippen LogP contribution in [0.3, 0.4) is 0 Å². The van der Waals surface area contributed by atoms with E-state index in [4.69, 9.17) is 16.3 Å². The monoisotopic (exact) mass is 709 g/mol. The summed E-state index contributed by atoms with van der Waals surface area (Å²) in [4.78, 5) is 42.1. The minimum Gasteiger partial charge on any atom is -0.506 e. The summed E-state index contributed by atoms with van der Waals surface area (Å²) in [7, 11) is 0. The molecule has 1 atom stereocenters. The number of carbonyl (C=O) groups is 2. The molecule has 0 aliphatic carbocycles. The summed E-state index contributed by atoms with van der Waals surface area (Å²) >= 11 is 6.40. The number of aromatic hydroxyl groups is 1. The number of aliphatic hydroxyl groups is 1. The lowest BCUT2D eigenvalue weighted by atomic mass is 10.0. The van der Waals surface area contributed by atoms with Crippen molar-refractivity contribution in [1.29, 1.82) is 0 Å². The molecule has 12 heteroatoms. The molecule has 4 aromatic carbocycles. The highest BCUT2D eigenvalue weighted by Gasteiger charge is 2.23. The molecule has 0 bridgehead atoms. The molecule has 0 unspecified atom stereocenters. The number of hydrogen-bond donors (Lipinski definition) is 6. The third-order valence-corrected chi connectivity index (χ3v) is 9.28. The van der Waals surface area contributed by atoms with Crippen molar-refractivity contribution >= 4 is 45.9 Å². The number of benzene rings is 4. The highest BCUT2D eigenvalue weighted by molar-refractivity contribution is 6.33. The molecule has 2 heterocycles. The first-order valence-corrected chi connectivity index (χ1v) is 17.3. The maximum absolute atomic E-state index is 12.9. The molecule has 0 spiro atoms. The van der Waals surface area contributed by atoms with Crippen LogP contribution in [-0.4, -0.2) is 64.4 Å². The lowest BCUT2D eigenvalue weighted by molar-refractivity contribution is -0.116. The molecule has 264 valence electrons. The van der Waals surface area contributed by atoms with Gasteiger partial charge >= 0.3 is 6.09 Å². The van der Waals surface area contributed by atoms with E-state index < -0.39 is 12.2 Å². The minimum atomic E-state index is -0.901. The average Bonchev–Trinajstić information content (AvgIpc) is 3.13. The Hall–Kier alpha value is -5.20. The number of phenols is 1. The molecule has 0 radical (unpaired) electrons. The van der Waals surface area contributed by atoms with Gasteiger partial charge in [-0.15, -0.1) is 0 Å². The van der Waals surface area contributed by atoms with Crippen LogP contribution in [0, 0.1) is 0 Å². The highest BCUT2D eigenvalue weighted by atomic mass is 35.5. The van der Waals surface area contributed by atoms with Crippen molar-refractivity contribution in [2.24, 2.45) is 0 Å². The van der Waals surface area contributed by atoms with Gasteiger partial charge < -0.3 is 35.5 Å². The topological polar surface area (TPSA) is 156 Å². The molecular formula is C39H40ClN5O6. The minimum absolute atomic E-state index is 0.0692. The number of likely N-dealkylation sites (tertiary alicyclic amines) is 1. The second kappa shape index (κ2) is 16.7. The van der Waals surface area contributed by atoms with Gasteiger partial charge in [0, 0.05) is 56.2 Å². The second-order valence-corrected chi connectivity index (χ2v) is 12.9. The second-order valence-electron chi connectivity index (χ2n) is 12.5. The SMILES string of the molecule is O=C(CCN1CCC(OC(=O)Nc2ccccc2-c2ccccc2)CC1)Nc1cc(CNC[C@H](O)c2ccc(O)c3[nH]c(=O)ccc23)ccc1Cl. The number of rotatable bonds is 12. The number of para-hydroxylation sites is 1. The zero-order chi connectivity index (χ0) is 35.7. The molecule has 0 saturated carbocycles. The van der Waals surface area contributed by atoms with Crippen LogP contribution in [0.25, 0.3) is 22.0 Å². The van der Waals surface area contributed by atoms with E-state index in [0.717, 1.165) is 16.7 Å². The molecule has 11 nitrogen and oxygen atoms in total. The Kier molecular flexibility index (Phi) is 11.6. The summed E-state index contributed by atoms with van der Waals surface area (Å²) in [6.07, 6.45) is 0.0362. The molecule has 1 fully saturated rings. The number of pyridine rings is 1. The number of amides is 2. The Morgan fingerprint density at radius 3 is 2.49 bits per heavy atom. The number of halogens is 1. The standard InChI is InChI=1S/C39H40ClN5O6/c40-31-13-10-25(23-41-24-35(47)29-11-14-34(46)38-30(29)12-15-36(48)44-38)22-33(31)42-37(49)18-21-45-19-16-27(17-20-45)51-39(50)43-32-9-5-4-8-28(32)26-6-2-1-3-7-26/h1-15,22,27,35,41,46-47H,16-21,23-24H2,(H,42,49)(H,43,50)(H,44,48)/t35-/m0/s1. The summed E-state index contributed by atoms with van der Waals surface area (Å²) in [6, 6.07) is 28.8. The number of ether oxygens (including phenoxy) is 1. The van der Waals surface area contributed by atoms with E-state index in [1.165, 1.54) is 12.1 Å². The van der Waals surface area contributed by atoms with Gasteiger partial charge in [-0.3, -0.25) is 14.9 Å². The van der Waals surface area contributed by atoms with Crippen molar-refractivity contribution in [3.8, 4) is 16.9 Å². The predicted octanol–water partition coefficient (Wildman–Crippen LogP) is 6.42. The number of aromatic nitrogens is 1. The zero-order valence-electron chi connectivity index (χ0n) is 27.9. The number of aromatic amines is 1. The van der Waals surface area contributed by atoms with Gasteiger partial charge in [0.05, 0.1) is 28.0 Å². The number of aliphatic hydroxyl groups excluding tert-OH is 1. The summed E-state index contributed by atoms with van der Waals surface area (Å²) in [5.41, 5.74) is 4.48. The molecule has 2 amide bonds. The van der Waals surface area contributed by atoms with Gasteiger partial charge in [0.1, 0.15) is 11.9 Å². The number of H-pyrrole nitrogens is 1. The highest BCUT2D eigenvalue weighted by Crippen LogP contribution is 2.30. The maximum Gasteiger partial charge on any atom is 0.411 e. The first kappa shape index (κ1) is 35.6. The van der Waals surface area contributed by atoms with Crippen LogP contribution in [0.4, 0.5) is 16.2 Å². The molecule has 6 N–H and O–H groups in total. The first-order valence-electron chi connectivity index (χ1n) is 16.9. The Morgan fingerprint density at radius 2 is 1.69 bits per heavy atom. The number of nitrogens with zero attached hydrogens (tertiary/aromatic N) is 1. The molecular weight excluding hydrogens is 670 g/mol. The van der Waals surface area contributed by atoms with Gasteiger partial charge in [0.25, 0.3) is 0 Å². The van der Waals surface area contributed by atoms with Crippen LogP contribution >= 0.6 is 11.6 Å². The first-order chi connectivity index (χ1) is 24.7. The van der Waals surface area contributed by atoms with Crippen LogP contribution in [0.1, 0.15) is 36.5 Å². The summed E-state index contributed by atoms with van der Waals surface area (Å²) < 4.78 is 5.74. The van der Waals surface area contributed by atoms with Gasteiger partial charge in [0.2, 0.25) is 11.5 Å². The van der Waals surface area contributed by atoms with Crippen LogP contribution in [0.5, 0.6) is 5.75 Å². The van der Waals surface area contributed by atoms with Gasteiger partial charge in [-0.25, -0.2) is 4.79 Å². The number of fused-ring (bicyclic) bond motifs is 1. The van der Waals surface area contributed by atoms with Gasteiger partial charge in [-0.2, -0.15) is 0 Å². The van der Waals surface area contributed by atoms with Crippen molar-refractivity contribution in [2.75, 3.05) is 36.8 Å². The number of phenolic OH excluding ortho intramolecular Hbond substituents is 1. The quantitative estimate of drug-likeness (QED) is 0.0867. The molecule has 51 heavy (non-hydrogen) atoms. The van der Waals surface area contributed by atoms with Crippen molar-refractivity contribution in [3.05, 3.63) is 124 Å². The Labute approximate surface area is 300 Å². The van der Waals surface area contributed by atoms with Gasteiger partial charge in [-0.1, -0.05) is 72.3 Å². The van der Waals surface area contributed by atoms with E-state index in [9.17, 15) is 24.6 Å². The zero-order valence-corrected chi connectivity index (χ0v) is 28.7. The molecule has 5 aromatic rings. The molecule has 6 rings (SSSR count). The Balaban J connectivity index is 0.927. The van der Waals surface area contributed by atoms with Gasteiger partial charge in [0.15, 0.2) is 0 Å². The average molecular weight is 710 g/mol. The van der Waals surface area contributed by atoms with E-state index in [2.05, 4.69) is 25.8 Å². The Bertz CT molecular complexity index is 2050. The van der Waals surface area contributed by atoms with Crippen molar-refractivity contribution in [3.63, 3.8) is 0 Å². The number of piperidine rings is 1. The fourth-order valence-electron chi connectivity index (χ4n) is 6.27. The lowest BCUT2D eigenvalue weighted by Gasteiger charge is -2.31. The molecule has 1 aliphatic rings. The smallest absolute Gasteiger partial charge is 0.411 e. The van der Waals surface area contributed by atoms with E-state index in [0.29, 0.717) is 66.4 Å². The predicted molar refractivity (Wildman–Crippen MR) is 199 cm³/mol. The van der Waals surface area contributed by atoms with E-state index in [1.807, 2.05) is 60.7 Å². The fourth-order valence-corrected chi connectivity index (χ4v) is 6.43. The number of carbonyl (C=O) groups excluding carboxylic acids is 2. The largest absolute Gasteiger partial charge is 0.506 e. The molecule has 1 aliphatic heterocycles. The summed E-state index contributed by atoms with van der Waals surface area (Å²) in [5, 5.41) is 31.0. The fraction of sp³-hybridized carbons (Fsp3) is 0.256. The normalized spacial score (nSPS) is 14.2. The maximum atomic E-state index is 12.9. The lowest BCUT2D eigenvalue weighted by Crippen LogP contribution is -2.39. The summed E-state index contributed by atoms with van der Waals surface area (Å²) in [5.74, 6) is -0.232. The van der Waals surface area contributed by atoms with E-state index in [-0.39, 0.29) is 41.8 Å².